The predicted molar refractivity (Wildman–Crippen MR) is 127 cm³/mol. The summed E-state index contributed by atoms with van der Waals surface area (Å²) >= 11 is 0. The van der Waals surface area contributed by atoms with Gasteiger partial charge in [-0.2, -0.15) is 4.98 Å². The molecule has 0 unspecified atom stereocenters. The Hall–Kier alpha value is -1.33. The van der Waals surface area contributed by atoms with Crippen molar-refractivity contribution in [3.05, 3.63) is 16.6 Å². The number of nitrogens with zero attached hydrogens (tertiary/aromatic N) is 3. The van der Waals surface area contributed by atoms with Crippen LogP contribution in [0.1, 0.15) is 61.6 Å². The van der Waals surface area contributed by atoms with E-state index in [2.05, 4.69) is 4.98 Å². The van der Waals surface area contributed by atoms with Crippen LogP contribution in [0.4, 0.5) is 5.82 Å². The van der Waals surface area contributed by atoms with Gasteiger partial charge in [0, 0.05) is 18.2 Å². The van der Waals surface area contributed by atoms with Gasteiger partial charge in [0.25, 0.3) is 0 Å². The molecule has 1 aromatic rings. The van der Waals surface area contributed by atoms with Crippen molar-refractivity contribution in [3.63, 3.8) is 0 Å². The van der Waals surface area contributed by atoms with Crippen LogP contribution in [0.3, 0.4) is 0 Å². The zero-order chi connectivity index (χ0) is 25.4. The Balaban J connectivity index is 2.24. The van der Waals surface area contributed by atoms with E-state index in [0.717, 1.165) is 0 Å². The molecule has 2 saturated heterocycles. The second-order valence-electron chi connectivity index (χ2n) is 9.37. The van der Waals surface area contributed by atoms with Crippen LogP contribution in [-0.4, -0.2) is 70.7 Å². The van der Waals surface area contributed by atoms with E-state index < -0.39 is 43.6 Å². The molecule has 0 radical (unpaired) electrons. The molecule has 0 bridgehead atoms. The predicted octanol–water partition coefficient (Wildman–Crippen LogP) is 2.17. The highest BCUT2D eigenvalue weighted by atomic mass is 31.2. The summed E-state index contributed by atoms with van der Waals surface area (Å²) in [6.07, 6.45) is -3.14. The molecule has 1 N–H and O–H groups in total. The first-order valence-electron chi connectivity index (χ1n) is 11.8. The van der Waals surface area contributed by atoms with E-state index in [9.17, 15) is 14.5 Å². The van der Waals surface area contributed by atoms with E-state index in [1.807, 2.05) is 32.6 Å². The molecule has 0 saturated carbocycles. The average Bonchev–Trinajstić information content (AvgIpc) is 3.20. The summed E-state index contributed by atoms with van der Waals surface area (Å²) in [5, 5.41) is 9.88. The van der Waals surface area contributed by atoms with Crippen LogP contribution in [0.5, 0.6) is 0 Å². The molecule has 4 atom stereocenters. The van der Waals surface area contributed by atoms with Gasteiger partial charge in [-0.15, -0.1) is 0 Å². The molecule has 0 spiro atoms. The van der Waals surface area contributed by atoms with Gasteiger partial charge in [0.15, 0.2) is 12.0 Å². The van der Waals surface area contributed by atoms with Crippen molar-refractivity contribution in [1.29, 1.82) is 0 Å². The Morgan fingerprint density at radius 3 is 2.21 bits per heavy atom. The fourth-order valence-corrected chi connectivity index (χ4v) is 6.45. The minimum atomic E-state index is -3.96. The van der Waals surface area contributed by atoms with E-state index in [1.54, 1.807) is 33.8 Å². The van der Waals surface area contributed by atoms with Crippen molar-refractivity contribution < 1.29 is 32.9 Å². The Labute approximate surface area is 200 Å². The van der Waals surface area contributed by atoms with Gasteiger partial charge in [0.05, 0.1) is 19.8 Å². The van der Waals surface area contributed by atoms with Crippen molar-refractivity contribution >= 4 is 18.8 Å². The molecule has 2 aliphatic heterocycles. The monoisotopic (exact) mass is 503 g/mol. The van der Waals surface area contributed by atoms with Gasteiger partial charge in [-0.05, 0) is 55.4 Å². The van der Waals surface area contributed by atoms with Crippen LogP contribution in [0.25, 0.3) is 0 Å². The first-order chi connectivity index (χ1) is 15.9. The smallest absolute Gasteiger partial charge is 0.377 e. The maximum absolute atomic E-state index is 14.0. The van der Waals surface area contributed by atoms with Crippen LogP contribution in [0.15, 0.2) is 10.9 Å². The van der Waals surface area contributed by atoms with E-state index in [-0.39, 0.29) is 37.3 Å². The average molecular weight is 504 g/mol. The summed E-state index contributed by atoms with van der Waals surface area (Å²) in [5.41, 5.74) is -0.665. The number of aliphatic hydroxyl groups is 1. The van der Waals surface area contributed by atoms with Gasteiger partial charge in [-0.3, -0.25) is 9.13 Å². The number of aliphatic hydroxyl groups excluding tert-OH is 1. The molecule has 2 aliphatic rings. The number of hydrogen-bond acceptors (Lipinski definition) is 10. The quantitative estimate of drug-likeness (QED) is 0.476. The van der Waals surface area contributed by atoms with Crippen molar-refractivity contribution in [2.24, 2.45) is 0 Å². The van der Waals surface area contributed by atoms with Crippen LogP contribution < -0.4 is 16.0 Å². The van der Waals surface area contributed by atoms with Crippen LogP contribution in [-0.2, 0) is 27.8 Å². The van der Waals surface area contributed by atoms with Crippen LogP contribution in [0.2, 0.25) is 0 Å². The lowest BCUT2D eigenvalue weighted by atomic mass is 10.1. The molecule has 1 aromatic heterocycles. The third-order valence-electron chi connectivity index (χ3n) is 5.74. The zero-order valence-electron chi connectivity index (χ0n) is 21.3. The van der Waals surface area contributed by atoms with E-state index in [0.29, 0.717) is 5.82 Å². The van der Waals surface area contributed by atoms with Crippen LogP contribution >= 0.6 is 7.60 Å². The molecule has 0 aromatic carbocycles. The van der Waals surface area contributed by atoms with Crippen molar-refractivity contribution in [3.8, 4) is 0 Å². The lowest BCUT2D eigenvalue weighted by molar-refractivity contribution is -0.200. The molecule has 34 heavy (non-hydrogen) atoms. The van der Waals surface area contributed by atoms with E-state index in [1.165, 1.54) is 4.57 Å². The van der Waals surface area contributed by atoms with E-state index >= 15 is 0 Å². The fourth-order valence-electron chi connectivity index (χ4n) is 4.70. The Bertz CT molecular complexity index is 948. The minimum absolute atomic E-state index is 0.0208. The van der Waals surface area contributed by atoms with Gasteiger partial charge >= 0.3 is 13.3 Å². The zero-order valence-corrected chi connectivity index (χ0v) is 22.2. The topological polar surface area (TPSA) is 122 Å². The number of rotatable bonds is 10. The number of ether oxygens (including phenoxy) is 3. The Morgan fingerprint density at radius 2 is 1.71 bits per heavy atom. The maximum Gasteiger partial charge on any atom is 0.377 e. The number of hydrogen-bond donors (Lipinski definition) is 1. The molecule has 12 heteroatoms. The van der Waals surface area contributed by atoms with Gasteiger partial charge in [-0.1, -0.05) is 0 Å². The number of anilines is 1. The van der Waals surface area contributed by atoms with E-state index in [4.69, 9.17) is 23.3 Å². The van der Waals surface area contributed by atoms with Crippen molar-refractivity contribution in [2.75, 3.05) is 24.7 Å². The fraction of sp³-hybridized carbons (Fsp3) is 0.818. The maximum atomic E-state index is 14.0. The summed E-state index contributed by atoms with van der Waals surface area (Å²) in [6.45, 7) is 14.7. The lowest BCUT2D eigenvalue weighted by Gasteiger charge is -2.33. The van der Waals surface area contributed by atoms with Crippen molar-refractivity contribution in [1.82, 2.24) is 9.55 Å². The Kier molecular flexibility index (Phi) is 8.29. The van der Waals surface area contributed by atoms with Crippen molar-refractivity contribution in [2.45, 2.75) is 97.8 Å². The summed E-state index contributed by atoms with van der Waals surface area (Å²) < 4.78 is 44.4. The SMILES string of the molecule is CCOP(=O)(OCC)c1cc(N(C(C)C)C(C)C)nc(=O)n1[C@@H]1O[C@H](CO)[C@H]2OC(C)(C)O[C@H]21. The second kappa shape index (κ2) is 10.3. The Morgan fingerprint density at radius 1 is 1.15 bits per heavy atom. The highest BCUT2D eigenvalue weighted by molar-refractivity contribution is 7.62. The molecule has 0 amide bonds. The highest BCUT2D eigenvalue weighted by Gasteiger charge is 2.57. The van der Waals surface area contributed by atoms with Crippen LogP contribution in [0, 0.1) is 0 Å². The second-order valence-corrected chi connectivity index (χ2v) is 11.3. The third kappa shape index (κ3) is 5.11. The highest BCUT2D eigenvalue weighted by Crippen LogP contribution is 2.49. The summed E-state index contributed by atoms with van der Waals surface area (Å²) in [6, 6.07) is 1.61. The van der Waals surface area contributed by atoms with Gasteiger partial charge in [-0.25, -0.2) is 4.79 Å². The van der Waals surface area contributed by atoms with Gasteiger partial charge in [0.2, 0.25) is 0 Å². The minimum Gasteiger partial charge on any atom is -0.394 e. The lowest BCUT2D eigenvalue weighted by Crippen LogP contribution is -2.46. The molecular formula is C22H38N3O8P. The van der Waals surface area contributed by atoms with Gasteiger partial charge < -0.3 is 33.3 Å². The first kappa shape index (κ1) is 27.3. The molecule has 2 fully saturated rings. The summed E-state index contributed by atoms with van der Waals surface area (Å²) in [5.74, 6) is -0.588. The number of aromatic nitrogens is 2. The molecule has 3 heterocycles. The summed E-state index contributed by atoms with van der Waals surface area (Å²) in [4.78, 5) is 19.8. The molecule has 0 aliphatic carbocycles. The number of fused-ring (bicyclic) bond motifs is 1. The standard InChI is InChI=1S/C22H38N3O8P/c1-9-29-34(28,30-10-2)17-11-16(24(13(3)4)14(5)6)23-21(27)25(17)20-19-18(15(12-26)31-20)32-22(7,8)33-19/h11,13-15,18-20,26H,9-10,12H2,1-8H3/t15-,18-,19-,20-/m1/s1. The first-order valence-corrected chi connectivity index (χ1v) is 13.4. The third-order valence-corrected chi connectivity index (χ3v) is 7.84. The van der Waals surface area contributed by atoms with Gasteiger partial charge in [0.1, 0.15) is 29.6 Å². The molecule has 194 valence electrons. The normalized spacial score (nSPS) is 26.4. The largest absolute Gasteiger partial charge is 0.394 e. The molecular weight excluding hydrogens is 465 g/mol. The molecule has 11 nitrogen and oxygen atoms in total. The molecule has 3 rings (SSSR count). The summed E-state index contributed by atoms with van der Waals surface area (Å²) in [7, 11) is -3.96.